The van der Waals surface area contributed by atoms with Gasteiger partial charge >= 0.3 is 11.6 Å². The van der Waals surface area contributed by atoms with E-state index >= 15 is 0 Å². The lowest BCUT2D eigenvalue weighted by atomic mass is 10.00. The number of nitriles is 1. The molecule has 1 saturated heterocycles. The van der Waals surface area contributed by atoms with Crippen molar-refractivity contribution in [2.45, 2.75) is 75.6 Å². The van der Waals surface area contributed by atoms with Crippen molar-refractivity contribution in [1.29, 1.82) is 5.26 Å². The molecule has 0 amide bonds. The van der Waals surface area contributed by atoms with Crippen LogP contribution < -0.4 is 11.2 Å². The van der Waals surface area contributed by atoms with Gasteiger partial charge in [0.15, 0.2) is 6.30 Å². The van der Waals surface area contributed by atoms with Crippen molar-refractivity contribution in [3.63, 3.8) is 0 Å². The minimum absolute atomic E-state index is 0.128. The first-order valence-corrected chi connectivity index (χ1v) is 9.88. The molecule has 6 N–H and O–H groups in total. The molecule has 0 spiro atoms. The van der Waals surface area contributed by atoms with Crippen molar-refractivity contribution in [3.8, 4) is 6.07 Å². The maximum absolute atomic E-state index is 14.8. The topological polar surface area (TPSA) is 192 Å². The van der Waals surface area contributed by atoms with Gasteiger partial charge in [0.05, 0.1) is 6.61 Å². The van der Waals surface area contributed by atoms with Gasteiger partial charge in [-0.25, -0.2) is 13.8 Å². The molecule has 1 aliphatic heterocycles. The fraction of sp³-hybridized carbons (Fsp3) is 0.722. The van der Waals surface area contributed by atoms with Gasteiger partial charge in [-0.2, -0.15) is 5.26 Å². The first kappa shape index (κ1) is 25.1. The van der Waals surface area contributed by atoms with Gasteiger partial charge in [-0.1, -0.05) is 32.6 Å². The summed E-state index contributed by atoms with van der Waals surface area (Å²) in [5.41, 5.74) is -6.57. The molecule has 12 nitrogen and oxygen atoms in total. The van der Waals surface area contributed by atoms with Crippen LogP contribution in [0, 0.1) is 11.3 Å². The Kier molecular flexibility index (Phi) is 8.06. The van der Waals surface area contributed by atoms with Crippen molar-refractivity contribution in [2.24, 2.45) is 0 Å². The van der Waals surface area contributed by atoms with Crippen LogP contribution in [0.2, 0.25) is 0 Å². The number of rotatable bonds is 10. The number of aliphatic hydroxyl groups excluding tert-OH is 2. The van der Waals surface area contributed by atoms with Gasteiger partial charge in [0.2, 0.25) is 5.72 Å². The first-order valence-electron chi connectivity index (χ1n) is 9.88. The van der Waals surface area contributed by atoms with Crippen LogP contribution in [0.5, 0.6) is 0 Å². The minimum atomic E-state index is -3.39. The normalized spacial score (nSPS) is 29.3. The van der Waals surface area contributed by atoms with E-state index in [1.54, 1.807) is 4.98 Å². The average molecular weight is 446 g/mol. The van der Waals surface area contributed by atoms with Gasteiger partial charge in [-0.05, 0) is 12.8 Å². The highest BCUT2D eigenvalue weighted by molar-refractivity contribution is 5.22. The molecule has 0 bridgehead atoms. The number of aromatic nitrogens is 2. The van der Waals surface area contributed by atoms with E-state index in [-0.39, 0.29) is 16.1 Å². The van der Waals surface area contributed by atoms with Gasteiger partial charge in [-0.15, -0.1) is 5.06 Å². The number of alkyl halides is 1. The third kappa shape index (κ3) is 4.41. The average Bonchev–Trinajstić information content (AvgIpc) is 2.94. The van der Waals surface area contributed by atoms with Crippen molar-refractivity contribution in [1.82, 2.24) is 14.6 Å². The first-order chi connectivity index (χ1) is 14.6. The van der Waals surface area contributed by atoms with Gasteiger partial charge in [0.25, 0.3) is 5.56 Å². The number of hydroxylamine groups is 2. The molecule has 2 heterocycles. The molecule has 1 fully saturated rings. The maximum atomic E-state index is 14.8. The smallest absolute Gasteiger partial charge is 0.332 e. The van der Waals surface area contributed by atoms with Gasteiger partial charge in [0.1, 0.15) is 23.8 Å². The van der Waals surface area contributed by atoms with Crippen molar-refractivity contribution in [2.75, 3.05) is 6.61 Å². The summed E-state index contributed by atoms with van der Waals surface area (Å²) in [7, 11) is 0. The van der Waals surface area contributed by atoms with E-state index < -0.39 is 53.6 Å². The largest absolute Gasteiger partial charge is 0.394 e. The number of nitrogens with one attached hydrogen (secondary N) is 1. The summed E-state index contributed by atoms with van der Waals surface area (Å²) < 4.78 is 19.9. The second-order valence-corrected chi connectivity index (χ2v) is 7.38. The molecule has 0 aromatic carbocycles. The Balaban J connectivity index is 2.45. The highest BCUT2D eigenvalue weighted by Crippen LogP contribution is 2.44. The number of hydrogen-bond acceptors (Lipinski definition) is 10. The van der Waals surface area contributed by atoms with Crippen LogP contribution in [0.15, 0.2) is 15.8 Å². The zero-order valence-corrected chi connectivity index (χ0v) is 16.9. The summed E-state index contributed by atoms with van der Waals surface area (Å²) >= 11 is 0. The van der Waals surface area contributed by atoms with E-state index in [2.05, 4.69) is 0 Å². The van der Waals surface area contributed by atoms with Crippen LogP contribution in [0.1, 0.15) is 51.0 Å². The highest BCUT2D eigenvalue weighted by atomic mass is 19.1. The van der Waals surface area contributed by atoms with Crippen LogP contribution in [0.4, 0.5) is 4.39 Å². The molecule has 5 atom stereocenters. The quantitative estimate of drug-likeness (QED) is 0.110. The molecule has 0 radical (unpaired) electrons. The molecular weight excluding hydrogens is 419 g/mol. The number of nitrogens with zero attached hydrogens (tertiary/aromatic N) is 3. The molecule has 31 heavy (non-hydrogen) atoms. The Bertz CT molecular complexity index is 917. The zero-order chi connectivity index (χ0) is 23.4. The summed E-state index contributed by atoms with van der Waals surface area (Å²) in [6, 6.07) is 1.45. The number of H-pyrrole nitrogens is 1. The van der Waals surface area contributed by atoms with Crippen molar-refractivity contribution >= 4 is 0 Å². The van der Waals surface area contributed by atoms with Crippen molar-refractivity contribution < 1.29 is 34.8 Å². The fourth-order valence-electron chi connectivity index (χ4n) is 3.50. The van der Waals surface area contributed by atoms with E-state index in [1.165, 1.54) is 6.07 Å². The molecule has 2 rings (SSSR count). The van der Waals surface area contributed by atoms with E-state index in [0.29, 0.717) is 19.0 Å². The van der Waals surface area contributed by atoms with Gasteiger partial charge < -0.3 is 30.4 Å². The molecule has 0 saturated carbocycles. The third-order valence-electron chi connectivity index (χ3n) is 5.29. The lowest BCUT2D eigenvalue weighted by molar-refractivity contribution is -0.428. The van der Waals surface area contributed by atoms with E-state index in [4.69, 9.17) is 10.00 Å². The number of ether oxygens (including phenoxy) is 1. The van der Waals surface area contributed by atoms with E-state index in [0.717, 1.165) is 19.3 Å². The highest BCUT2D eigenvalue weighted by Gasteiger charge is 2.71. The van der Waals surface area contributed by atoms with Crippen LogP contribution >= 0.6 is 0 Å². The SMILES string of the molecule is CCCCCCCC(F)N(O)[C@@]1(O)[C@H](O)[C@@H](CO)O[C@@]1(O)n1cc(C#N)c(=O)[nH]c1=O. The maximum Gasteiger partial charge on any atom is 0.332 e. The van der Waals surface area contributed by atoms with Crippen LogP contribution in [0.25, 0.3) is 0 Å². The molecule has 1 aromatic heterocycles. The summed E-state index contributed by atoms with van der Waals surface area (Å²) in [6.07, 6.45) is -2.47. The Hall–Kier alpha value is -2.18. The number of aromatic amines is 1. The zero-order valence-electron chi connectivity index (χ0n) is 16.9. The van der Waals surface area contributed by atoms with Crippen LogP contribution in [-0.4, -0.2) is 71.1 Å². The Morgan fingerprint density at radius 3 is 2.58 bits per heavy atom. The summed E-state index contributed by atoms with van der Waals surface area (Å²) in [6.45, 7) is 1.01. The van der Waals surface area contributed by atoms with E-state index in [9.17, 15) is 39.6 Å². The summed E-state index contributed by atoms with van der Waals surface area (Å²) in [4.78, 5) is 25.6. The Labute approximate surface area is 176 Å². The molecule has 1 unspecified atom stereocenters. The molecule has 1 aromatic rings. The van der Waals surface area contributed by atoms with Crippen molar-refractivity contribution in [3.05, 3.63) is 32.6 Å². The minimum Gasteiger partial charge on any atom is -0.394 e. The number of halogens is 1. The number of unbranched alkanes of at least 4 members (excludes halogenated alkanes) is 4. The van der Waals surface area contributed by atoms with Gasteiger partial charge in [-0.3, -0.25) is 9.78 Å². The van der Waals surface area contributed by atoms with Gasteiger partial charge in [0, 0.05) is 6.20 Å². The summed E-state index contributed by atoms with van der Waals surface area (Å²) in [5.74, 6) is -3.38. The third-order valence-corrected chi connectivity index (χ3v) is 5.29. The standard InChI is InChI=1S/C18H27FN4O8/c1-2-3-4-5-6-7-13(19)23(30)17(28)14(25)12(10-24)31-18(17,29)22-9-11(8-20)15(26)21-16(22)27/h9,12-14,24-25,28-30H,2-7,10H2,1H3,(H,21,26,27)/t12-,13?,14-,17-,18-/m1/s1. The number of hydrogen-bond donors (Lipinski definition) is 6. The second kappa shape index (κ2) is 9.96. The molecule has 0 aliphatic carbocycles. The predicted molar refractivity (Wildman–Crippen MR) is 101 cm³/mol. The predicted octanol–water partition coefficient (Wildman–Crippen LogP) is -1.20. The Morgan fingerprint density at radius 1 is 1.35 bits per heavy atom. The van der Waals surface area contributed by atoms with E-state index in [1.807, 2.05) is 6.92 Å². The lowest BCUT2D eigenvalue weighted by Crippen LogP contribution is -2.69. The van der Waals surface area contributed by atoms with Crippen LogP contribution in [0.3, 0.4) is 0 Å². The Morgan fingerprint density at radius 2 is 2.00 bits per heavy atom. The molecule has 1 aliphatic rings. The fourth-order valence-corrected chi connectivity index (χ4v) is 3.50. The number of aliphatic hydroxyl groups is 4. The molecule has 174 valence electrons. The second-order valence-electron chi connectivity index (χ2n) is 7.38. The van der Waals surface area contributed by atoms with Crippen LogP contribution in [-0.2, 0) is 10.6 Å². The summed E-state index contributed by atoms with van der Waals surface area (Å²) in [5, 5.41) is 60.9. The lowest BCUT2D eigenvalue weighted by Gasteiger charge is -2.43. The monoisotopic (exact) mass is 446 g/mol. The molecule has 13 heteroatoms. The molecular formula is C18H27FN4O8.